The van der Waals surface area contributed by atoms with Gasteiger partial charge >= 0.3 is 0 Å². The molecule has 0 bridgehead atoms. The van der Waals surface area contributed by atoms with E-state index in [-0.39, 0.29) is 17.9 Å². The van der Waals surface area contributed by atoms with Crippen molar-refractivity contribution in [3.8, 4) is 0 Å². The van der Waals surface area contributed by atoms with Crippen molar-refractivity contribution in [1.82, 2.24) is 4.90 Å². The van der Waals surface area contributed by atoms with Gasteiger partial charge in [-0.05, 0) is 18.8 Å². The largest absolute Gasteiger partial charge is 0.326 e. The second kappa shape index (κ2) is 5.99. The van der Waals surface area contributed by atoms with Gasteiger partial charge in [0.05, 0.1) is 0 Å². The Morgan fingerprint density at radius 3 is 2.19 bits per heavy atom. The van der Waals surface area contributed by atoms with Crippen LogP contribution in [0.15, 0.2) is 0 Å². The highest BCUT2D eigenvalue weighted by molar-refractivity contribution is 5.96. The number of nitrogens with zero attached hydrogens (tertiary/aromatic N) is 1. The quantitative estimate of drug-likeness (QED) is 0.735. The van der Waals surface area contributed by atoms with Gasteiger partial charge < -0.3 is 5.73 Å². The van der Waals surface area contributed by atoms with Gasteiger partial charge in [0.1, 0.15) is 0 Å². The zero-order chi connectivity index (χ0) is 12.1. The predicted octanol–water partition coefficient (Wildman–Crippen LogP) is 1.29. The van der Waals surface area contributed by atoms with E-state index >= 15 is 0 Å². The number of hydrogen-bond donors (Lipinski definition) is 1. The number of rotatable bonds is 4. The van der Waals surface area contributed by atoms with Crippen molar-refractivity contribution in [3.63, 3.8) is 0 Å². The number of nitrogens with two attached hydrogens (primary N) is 1. The van der Waals surface area contributed by atoms with Crippen LogP contribution in [0.1, 0.15) is 46.0 Å². The van der Waals surface area contributed by atoms with Crippen LogP contribution in [-0.4, -0.2) is 29.3 Å². The minimum Gasteiger partial charge on any atom is -0.326 e. The highest BCUT2D eigenvalue weighted by Crippen LogP contribution is 2.15. The van der Waals surface area contributed by atoms with Crippen LogP contribution in [0.25, 0.3) is 0 Å². The molecule has 1 rings (SSSR count). The van der Waals surface area contributed by atoms with Gasteiger partial charge in [-0.3, -0.25) is 14.5 Å². The molecule has 0 spiro atoms. The van der Waals surface area contributed by atoms with E-state index in [2.05, 4.69) is 13.8 Å². The molecule has 0 aliphatic carbocycles. The van der Waals surface area contributed by atoms with Crippen molar-refractivity contribution in [2.24, 2.45) is 11.7 Å². The molecule has 0 radical (unpaired) electrons. The minimum absolute atomic E-state index is 0.0544. The zero-order valence-corrected chi connectivity index (χ0v) is 10.2. The van der Waals surface area contributed by atoms with Gasteiger partial charge in [0.2, 0.25) is 11.8 Å². The summed E-state index contributed by atoms with van der Waals surface area (Å²) in [6.45, 7) is 4.50. The average molecular weight is 226 g/mol. The molecule has 1 aliphatic heterocycles. The molecule has 2 unspecified atom stereocenters. The van der Waals surface area contributed by atoms with E-state index in [0.29, 0.717) is 25.3 Å². The minimum atomic E-state index is -0.101. The Bertz CT molecular complexity index is 248. The van der Waals surface area contributed by atoms with E-state index in [9.17, 15) is 9.59 Å². The second-order valence-corrected chi connectivity index (χ2v) is 4.65. The number of amides is 2. The molecule has 92 valence electrons. The smallest absolute Gasteiger partial charge is 0.229 e. The zero-order valence-electron chi connectivity index (χ0n) is 10.2. The standard InChI is InChI=1S/C12H22N2O2/c1-3-9(2)10(13)8-14-11(15)6-4-5-7-12(14)16/h9-10H,3-8,13H2,1-2H3. The summed E-state index contributed by atoms with van der Waals surface area (Å²) < 4.78 is 0. The van der Waals surface area contributed by atoms with Crippen LogP contribution in [0.2, 0.25) is 0 Å². The fourth-order valence-electron chi connectivity index (χ4n) is 1.86. The van der Waals surface area contributed by atoms with Crippen molar-refractivity contribution in [3.05, 3.63) is 0 Å². The van der Waals surface area contributed by atoms with E-state index in [1.165, 1.54) is 4.90 Å². The Hall–Kier alpha value is -0.900. The summed E-state index contributed by atoms with van der Waals surface area (Å²) in [6, 6.07) is -0.101. The highest BCUT2D eigenvalue weighted by Gasteiger charge is 2.26. The lowest BCUT2D eigenvalue weighted by Crippen LogP contribution is -2.46. The fourth-order valence-corrected chi connectivity index (χ4v) is 1.86. The van der Waals surface area contributed by atoms with Gasteiger partial charge in [-0.2, -0.15) is 0 Å². The van der Waals surface area contributed by atoms with Crippen LogP contribution in [-0.2, 0) is 9.59 Å². The van der Waals surface area contributed by atoms with Crippen LogP contribution in [0.5, 0.6) is 0 Å². The summed E-state index contributed by atoms with van der Waals surface area (Å²) >= 11 is 0. The van der Waals surface area contributed by atoms with Crippen LogP contribution in [0, 0.1) is 5.92 Å². The summed E-state index contributed by atoms with van der Waals surface area (Å²) in [5, 5.41) is 0. The molecule has 4 heteroatoms. The first-order valence-electron chi connectivity index (χ1n) is 6.15. The maximum atomic E-state index is 11.7. The lowest BCUT2D eigenvalue weighted by Gasteiger charge is -2.25. The van der Waals surface area contributed by atoms with E-state index < -0.39 is 0 Å². The van der Waals surface area contributed by atoms with E-state index in [4.69, 9.17) is 5.73 Å². The third-order valence-corrected chi connectivity index (χ3v) is 3.40. The molecule has 16 heavy (non-hydrogen) atoms. The summed E-state index contributed by atoms with van der Waals surface area (Å²) in [7, 11) is 0. The number of imide groups is 1. The van der Waals surface area contributed by atoms with E-state index in [1.54, 1.807) is 0 Å². The third kappa shape index (κ3) is 3.30. The number of carbonyl (C=O) groups is 2. The van der Waals surface area contributed by atoms with Gasteiger partial charge in [-0.25, -0.2) is 0 Å². The number of hydrogen-bond acceptors (Lipinski definition) is 3. The first-order valence-corrected chi connectivity index (χ1v) is 6.15. The van der Waals surface area contributed by atoms with Crippen LogP contribution >= 0.6 is 0 Å². The monoisotopic (exact) mass is 226 g/mol. The molecule has 4 nitrogen and oxygen atoms in total. The highest BCUT2D eigenvalue weighted by atomic mass is 16.2. The van der Waals surface area contributed by atoms with E-state index in [0.717, 1.165) is 19.3 Å². The van der Waals surface area contributed by atoms with Crippen molar-refractivity contribution in [1.29, 1.82) is 0 Å². The van der Waals surface area contributed by atoms with Gasteiger partial charge in [-0.15, -0.1) is 0 Å². The lowest BCUT2D eigenvalue weighted by molar-refractivity contribution is -0.144. The van der Waals surface area contributed by atoms with Gasteiger partial charge in [-0.1, -0.05) is 20.3 Å². The molecular formula is C12H22N2O2. The molecule has 0 aromatic heterocycles. The Morgan fingerprint density at radius 2 is 1.75 bits per heavy atom. The topological polar surface area (TPSA) is 63.4 Å². The van der Waals surface area contributed by atoms with Crippen molar-refractivity contribution >= 4 is 11.8 Å². The maximum Gasteiger partial charge on any atom is 0.229 e. The van der Waals surface area contributed by atoms with Gasteiger partial charge in [0.25, 0.3) is 0 Å². The molecule has 0 aromatic carbocycles. The lowest BCUT2D eigenvalue weighted by atomic mass is 9.99. The normalized spacial score (nSPS) is 21.8. The summed E-state index contributed by atoms with van der Waals surface area (Å²) in [5.41, 5.74) is 5.99. The average Bonchev–Trinajstić information content (AvgIpc) is 2.42. The van der Waals surface area contributed by atoms with Crippen LogP contribution in [0.4, 0.5) is 0 Å². The first-order chi connectivity index (χ1) is 7.56. The number of carbonyl (C=O) groups excluding carboxylic acids is 2. The Morgan fingerprint density at radius 1 is 1.25 bits per heavy atom. The molecule has 1 heterocycles. The summed E-state index contributed by atoms with van der Waals surface area (Å²) in [4.78, 5) is 24.8. The van der Waals surface area contributed by atoms with Gasteiger partial charge in [0, 0.05) is 25.4 Å². The molecule has 0 aromatic rings. The predicted molar refractivity (Wildman–Crippen MR) is 62.6 cm³/mol. The molecule has 1 saturated heterocycles. The Labute approximate surface area is 97.2 Å². The summed E-state index contributed by atoms with van der Waals surface area (Å²) in [6.07, 6.45) is 3.58. The van der Waals surface area contributed by atoms with Crippen molar-refractivity contribution in [2.45, 2.75) is 52.0 Å². The number of likely N-dealkylation sites (tertiary alicyclic amines) is 1. The molecule has 0 saturated carbocycles. The molecule has 1 fully saturated rings. The molecule has 2 amide bonds. The Balaban J connectivity index is 2.61. The van der Waals surface area contributed by atoms with Crippen LogP contribution < -0.4 is 5.73 Å². The maximum absolute atomic E-state index is 11.7. The first kappa shape index (κ1) is 13.2. The fraction of sp³-hybridized carbons (Fsp3) is 0.833. The second-order valence-electron chi connectivity index (χ2n) is 4.65. The molecule has 2 atom stereocenters. The summed E-state index contributed by atoms with van der Waals surface area (Å²) in [5.74, 6) is 0.228. The van der Waals surface area contributed by atoms with Crippen molar-refractivity contribution in [2.75, 3.05) is 6.54 Å². The molecular weight excluding hydrogens is 204 g/mol. The van der Waals surface area contributed by atoms with Gasteiger partial charge in [0.15, 0.2) is 0 Å². The molecule has 1 aliphatic rings. The SMILES string of the molecule is CCC(C)C(N)CN1C(=O)CCCCC1=O. The van der Waals surface area contributed by atoms with Crippen molar-refractivity contribution < 1.29 is 9.59 Å². The third-order valence-electron chi connectivity index (χ3n) is 3.40. The Kier molecular flexibility index (Phi) is 4.93. The van der Waals surface area contributed by atoms with Crippen LogP contribution in [0.3, 0.4) is 0 Å². The van der Waals surface area contributed by atoms with E-state index in [1.807, 2.05) is 0 Å². The molecule has 2 N–H and O–H groups in total.